The molecule has 6 nitrogen and oxygen atoms in total. The standard InChI is InChI=1S/C13H18N2O4S/c14-13-12-10(9-20(17,18)15-13)5-4-6-11(12)19-8-3-1-2-7-16/h4-6,16H,1-3,7-9H2,(H2,14,15). The Hall–Kier alpha value is -1.60. The van der Waals surface area contributed by atoms with Crippen molar-refractivity contribution in [2.45, 2.75) is 25.0 Å². The summed E-state index contributed by atoms with van der Waals surface area (Å²) in [6.45, 7) is 0.675. The first kappa shape index (κ1) is 14.8. The molecule has 20 heavy (non-hydrogen) atoms. The summed E-state index contributed by atoms with van der Waals surface area (Å²) < 4.78 is 32.3. The van der Waals surface area contributed by atoms with Crippen LogP contribution < -0.4 is 10.5 Å². The van der Waals surface area contributed by atoms with Gasteiger partial charge in [0.2, 0.25) is 0 Å². The van der Waals surface area contributed by atoms with Crippen molar-refractivity contribution in [3.8, 4) is 5.75 Å². The van der Waals surface area contributed by atoms with Gasteiger partial charge in [0, 0.05) is 6.61 Å². The van der Waals surface area contributed by atoms with Gasteiger partial charge in [0.1, 0.15) is 11.6 Å². The van der Waals surface area contributed by atoms with Crippen molar-refractivity contribution in [1.29, 1.82) is 0 Å². The van der Waals surface area contributed by atoms with E-state index in [0.717, 1.165) is 19.3 Å². The van der Waals surface area contributed by atoms with Crippen LogP contribution in [0, 0.1) is 0 Å². The molecular formula is C13H18N2O4S. The van der Waals surface area contributed by atoms with E-state index in [-0.39, 0.29) is 18.2 Å². The van der Waals surface area contributed by atoms with E-state index in [1.54, 1.807) is 18.2 Å². The van der Waals surface area contributed by atoms with Crippen LogP contribution >= 0.6 is 0 Å². The normalized spacial score (nSPS) is 16.4. The van der Waals surface area contributed by atoms with Crippen LogP contribution in [0.3, 0.4) is 0 Å². The maximum absolute atomic E-state index is 11.5. The third-order valence-electron chi connectivity index (χ3n) is 3.00. The lowest BCUT2D eigenvalue weighted by molar-refractivity contribution is 0.266. The molecular weight excluding hydrogens is 280 g/mol. The average Bonchev–Trinajstić information content (AvgIpc) is 2.36. The largest absolute Gasteiger partial charge is 0.493 e. The number of benzene rings is 1. The first-order chi connectivity index (χ1) is 9.53. The highest BCUT2D eigenvalue weighted by Crippen LogP contribution is 2.28. The molecule has 1 heterocycles. The molecule has 7 heteroatoms. The molecule has 1 aromatic carbocycles. The van der Waals surface area contributed by atoms with Gasteiger partial charge in [0.15, 0.2) is 0 Å². The van der Waals surface area contributed by atoms with Crippen LogP contribution in [0.15, 0.2) is 22.6 Å². The molecule has 0 bridgehead atoms. The summed E-state index contributed by atoms with van der Waals surface area (Å²) in [5, 5.41) is 8.69. The second-order valence-corrected chi connectivity index (χ2v) is 6.26. The third kappa shape index (κ3) is 3.49. The fourth-order valence-corrected chi connectivity index (χ4v) is 3.19. The van der Waals surface area contributed by atoms with Crippen molar-refractivity contribution in [1.82, 2.24) is 0 Å². The van der Waals surface area contributed by atoms with Gasteiger partial charge in [-0.25, -0.2) is 8.42 Å². The molecule has 1 aliphatic rings. The second-order valence-electron chi connectivity index (χ2n) is 4.63. The highest BCUT2D eigenvalue weighted by Gasteiger charge is 2.24. The number of fused-ring (bicyclic) bond motifs is 1. The molecule has 2 rings (SSSR count). The van der Waals surface area contributed by atoms with Crippen molar-refractivity contribution in [3.63, 3.8) is 0 Å². The van der Waals surface area contributed by atoms with Crippen LogP contribution in [-0.4, -0.2) is 32.6 Å². The van der Waals surface area contributed by atoms with Crippen molar-refractivity contribution in [2.24, 2.45) is 10.1 Å². The van der Waals surface area contributed by atoms with Gasteiger partial charge in [0.25, 0.3) is 10.0 Å². The Kier molecular flexibility index (Phi) is 4.61. The Morgan fingerprint density at radius 3 is 2.85 bits per heavy atom. The number of nitrogens with two attached hydrogens (primary N) is 1. The minimum absolute atomic E-state index is 0.0165. The molecule has 0 aliphatic carbocycles. The quantitative estimate of drug-likeness (QED) is 0.755. The van der Waals surface area contributed by atoms with E-state index in [4.69, 9.17) is 15.6 Å². The fourth-order valence-electron chi connectivity index (χ4n) is 2.10. The maximum atomic E-state index is 11.5. The molecule has 0 saturated heterocycles. The number of unbranched alkanes of at least 4 members (excludes halogenated alkanes) is 2. The summed E-state index contributed by atoms with van der Waals surface area (Å²) >= 11 is 0. The molecule has 0 fully saturated rings. The van der Waals surface area contributed by atoms with E-state index >= 15 is 0 Å². The van der Waals surface area contributed by atoms with Crippen LogP contribution in [0.4, 0.5) is 0 Å². The fraction of sp³-hybridized carbons (Fsp3) is 0.462. The predicted molar refractivity (Wildman–Crippen MR) is 76.2 cm³/mol. The summed E-state index contributed by atoms with van der Waals surface area (Å²) in [6.07, 6.45) is 2.45. The predicted octanol–water partition coefficient (Wildman–Crippen LogP) is 0.777. The van der Waals surface area contributed by atoms with Gasteiger partial charge in [-0.15, -0.1) is 4.40 Å². The summed E-state index contributed by atoms with van der Waals surface area (Å²) in [5.74, 6) is 0.393. The Balaban J connectivity index is 2.13. The van der Waals surface area contributed by atoms with Gasteiger partial charge in [-0.05, 0) is 30.9 Å². The topological polar surface area (TPSA) is 102 Å². The molecule has 0 unspecified atom stereocenters. The molecule has 110 valence electrons. The van der Waals surface area contributed by atoms with Gasteiger partial charge in [-0.2, -0.15) is 0 Å². The minimum atomic E-state index is -3.51. The lowest BCUT2D eigenvalue weighted by atomic mass is 10.1. The van der Waals surface area contributed by atoms with Crippen LogP contribution in [0.1, 0.15) is 30.4 Å². The maximum Gasteiger partial charge on any atom is 0.259 e. The number of hydrogen-bond donors (Lipinski definition) is 2. The number of rotatable bonds is 6. The van der Waals surface area contributed by atoms with Crippen LogP contribution in [0.2, 0.25) is 0 Å². The zero-order valence-electron chi connectivity index (χ0n) is 11.1. The molecule has 0 spiro atoms. The Bertz CT molecular complexity index is 611. The van der Waals surface area contributed by atoms with E-state index < -0.39 is 10.0 Å². The SMILES string of the molecule is NC1=NS(=O)(=O)Cc2cccc(OCCCCCO)c21. The lowest BCUT2D eigenvalue weighted by Gasteiger charge is -2.18. The molecule has 1 aromatic rings. The van der Waals surface area contributed by atoms with Crippen LogP contribution in [0.5, 0.6) is 5.75 Å². The number of hydrogen-bond acceptors (Lipinski definition) is 5. The highest BCUT2D eigenvalue weighted by atomic mass is 32.2. The van der Waals surface area contributed by atoms with E-state index in [9.17, 15) is 8.42 Å². The van der Waals surface area contributed by atoms with Crippen LogP contribution in [0.25, 0.3) is 0 Å². The zero-order valence-corrected chi connectivity index (χ0v) is 11.9. The Morgan fingerprint density at radius 1 is 1.30 bits per heavy atom. The van der Waals surface area contributed by atoms with Gasteiger partial charge < -0.3 is 15.6 Å². The number of nitrogens with zero attached hydrogens (tertiary/aromatic N) is 1. The molecule has 0 radical (unpaired) electrons. The van der Waals surface area contributed by atoms with Crippen LogP contribution in [-0.2, 0) is 15.8 Å². The Labute approximate surface area is 118 Å². The smallest absolute Gasteiger partial charge is 0.259 e. The van der Waals surface area contributed by atoms with E-state index in [0.29, 0.717) is 23.5 Å². The first-order valence-corrected chi connectivity index (χ1v) is 8.08. The minimum Gasteiger partial charge on any atom is -0.493 e. The van der Waals surface area contributed by atoms with Crippen molar-refractivity contribution in [3.05, 3.63) is 29.3 Å². The first-order valence-electron chi connectivity index (χ1n) is 6.47. The molecule has 0 atom stereocenters. The number of ether oxygens (including phenoxy) is 1. The van der Waals surface area contributed by atoms with E-state index in [1.165, 1.54) is 0 Å². The monoisotopic (exact) mass is 298 g/mol. The van der Waals surface area contributed by atoms with Crippen molar-refractivity contribution in [2.75, 3.05) is 13.2 Å². The van der Waals surface area contributed by atoms with E-state index in [1.807, 2.05) is 0 Å². The summed E-state index contributed by atoms with van der Waals surface area (Å²) in [6, 6.07) is 5.22. The number of aliphatic hydroxyl groups excluding tert-OH is 1. The number of amidine groups is 1. The molecule has 1 aliphatic heterocycles. The lowest BCUT2D eigenvalue weighted by Crippen LogP contribution is -2.24. The van der Waals surface area contributed by atoms with Crippen molar-refractivity contribution < 1.29 is 18.3 Å². The van der Waals surface area contributed by atoms with Gasteiger partial charge in [-0.1, -0.05) is 12.1 Å². The molecule has 3 N–H and O–H groups in total. The molecule has 0 amide bonds. The van der Waals surface area contributed by atoms with Gasteiger partial charge >= 0.3 is 0 Å². The summed E-state index contributed by atoms with van der Waals surface area (Å²) in [5.41, 5.74) is 6.92. The van der Waals surface area contributed by atoms with E-state index in [2.05, 4.69) is 4.40 Å². The number of aliphatic hydroxyl groups is 1. The molecule has 0 saturated carbocycles. The van der Waals surface area contributed by atoms with Gasteiger partial charge in [-0.3, -0.25) is 0 Å². The Morgan fingerprint density at radius 2 is 2.10 bits per heavy atom. The second kappa shape index (κ2) is 6.23. The van der Waals surface area contributed by atoms with Crippen molar-refractivity contribution >= 4 is 15.9 Å². The average molecular weight is 298 g/mol. The zero-order chi connectivity index (χ0) is 14.6. The highest BCUT2D eigenvalue weighted by molar-refractivity contribution is 7.89. The summed E-state index contributed by atoms with van der Waals surface area (Å²) in [7, 11) is -3.51. The number of sulfonamides is 1. The third-order valence-corrected chi connectivity index (χ3v) is 4.15. The summed E-state index contributed by atoms with van der Waals surface area (Å²) in [4.78, 5) is 0. The molecule has 0 aromatic heterocycles. The van der Waals surface area contributed by atoms with Gasteiger partial charge in [0.05, 0.1) is 17.9 Å².